The Labute approximate surface area is 454 Å². The molecule has 8 rings (SSSR count). The fourth-order valence-electron chi connectivity index (χ4n) is 10.8. The van der Waals surface area contributed by atoms with Crippen LogP contribution in [0, 0.1) is 0 Å². The number of carbonyl (C=O) groups is 6. The molecular formula is C51H55N4O20S4+. The maximum Gasteiger partial charge on any atom is 0.333 e. The summed E-state index contributed by atoms with van der Waals surface area (Å²) < 4.78 is 144. The third-order valence-electron chi connectivity index (χ3n) is 14.4. The zero-order chi connectivity index (χ0) is 57.9. The summed E-state index contributed by atoms with van der Waals surface area (Å²) in [6.45, 7) is 7.61. The highest BCUT2D eigenvalue weighted by molar-refractivity contribution is 7.87. The monoisotopic (exact) mass is 1170 g/mol. The average molecular weight is 1170 g/mol. The summed E-state index contributed by atoms with van der Waals surface area (Å²) in [6, 6.07) is 9.47. The van der Waals surface area contributed by atoms with Crippen LogP contribution in [0.15, 0.2) is 92.0 Å². The minimum atomic E-state index is -5.08. The molecule has 4 aliphatic heterocycles. The molecular weight excluding hydrogens is 1120 g/mol. The lowest BCUT2D eigenvalue weighted by atomic mass is 9.78. The highest BCUT2D eigenvalue weighted by Gasteiger charge is 2.47. The molecule has 422 valence electrons. The number of nitrogens with zero attached hydrogens (tertiary/aromatic N) is 4. The Balaban J connectivity index is 1.19. The molecule has 4 amide bonds. The molecule has 0 unspecified atom stereocenters. The molecule has 2 fully saturated rings. The van der Waals surface area contributed by atoms with E-state index in [2.05, 4.69) is 0 Å². The van der Waals surface area contributed by atoms with E-state index in [0.717, 1.165) is 12.1 Å². The van der Waals surface area contributed by atoms with Crippen LogP contribution in [0.25, 0.3) is 21.5 Å². The topological polar surface area (TPSA) is 351 Å². The molecule has 4 heterocycles. The van der Waals surface area contributed by atoms with Gasteiger partial charge in [0.1, 0.15) is 16.3 Å². The van der Waals surface area contributed by atoms with Gasteiger partial charge < -0.3 is 14.6 Å². The van der Waals surface area contributed by atoms with Gasteiger partial charge in [-0.15, -0.1) is 10.1 Å². The van der Waals surface area contributed by atoms with Gasteiger partial charge in [0.2, 0.25) is 5.69 Å². The van der Waals surface area contributed by atoms with E-state index < -0.39 is 106 Å². The van der Waals surface area contributed by atoms with Crippen molar-refractivity contribution in [2.24, 2.45) is 0 Å². The number of unbranched alkanes of at least 4 members (excludes halogenated alkanes) is 4. The lowest BCUT2D eigenvalue weighted by molar-refractivity contribution is -0.438. The predicted octanol–water partition coefficient (Wildman–Crippen LogP) is 5.93. The van der Waals surface area contributed by atoms with Gasteiger partial charge in [-0.3, -0.25) is 37.4 Å². The zero-order valence-corrected chi connectivity index (χ0v) is 46.3. The molecule has 4 aromatic rings. The number of allylic oxidation sites excluding steroid dienone is 4. The molecule has 0 radical (unpaired) electrons. The Bertz CT molecular complexity index is 3870. The van der Waals surface area contributed by atoms with Crippen LogP contribution in [-0.4, -0.2) is 121 Å². The minimum Gasteiger partial charge on any atom is -0.344 e. The van der Waals surface area contributed by atoms with Gasteiger partial charge in [-0.25, -0.2) is 9.59 Å². The van der Waals surface area contributed by atoms with Crippen molar-refractivity contribution in [3.05, 3.63) is 83.6 Å². The molecule has 0 atom stereocenters. The molecule has 24 nitrogen and oxygen atoms in total. The van der Waals surface area contributed by atoms with E-state index in [1.807, 2.05) is 9.48 Å². The summed E-state index contributed by atoms with van der Waals surface area (Å²) in [7, 11) is -20.3. The Morgan fingerprint density at radius 2 is 1.03 bits per heavy atom. The second-order valence-corrected chi connectivity index (χ2v) is 26.0. The molecule has 0 aliphatic carbocycles. The van der Waals surface area contributed by atoms with Gasteiger partial charge >= 0.3 is 11.9 Å². The van der Waals surface area contributed by atoms with Crippen molar-refractivity contribution in [3.63, 3.8) is 0 Å². The molecule has 79 heavy (non-hydrogen) atoms. The first kappa shape index (κ1) is 58.4. The van der Waals surface area contributed by atoms with Crippen LogP contribution in [0.1, 0.15) is 116 Å². The van der Waals surface area contributed by atoms with E-state index in [9.17, 15) is 80.6 Å². The van der Waals surface area contributed by atoms with Crippen LogP contribution in [0.3, 0.4) is 0 Å². The smallest absolute Gasteiger partial charge is 0.333 e. The standard InChI is InChI=1S/C51H54N4O20S4/c1-50(2)40(52(24-9-5-7-14-46(60)74-54-42(56)20-21-43(54)57)36-18-16-32-34(48(36)50)26-30(76(62,63)64)28-38(32)78(68,69)70)12-11-13-41-51(3,4)49-35-27-31(77(65,66)67)29-39(79(71,72)73)33(35)17-19-37(49)53(41)25-10-6-8-15-47(61)75-55-44(58)22-23-45(55)59/h11-13,16-19,26-29H,5-10,14-15,20-25H2,1-4H3,(H3-,62,63,64,65,66,67,68,69,70,71,72,73)/p+1. The number of fused-ring (bicyclic) bond motifs is 6. The molecule has 0 bridgehead atoms. The maximum absolute atomic E-state index is 12.8. The molecule has 0 saturated carbocycles. The van der Waals surface area contributed by atoms with E-state index in [4.69, 9.17) is 9.68 Å². The van der Waals surface area contributed by atoms with Crippen LogP contribution >= 0.6 is 0 Å². The van der Waals surface area contributed by atoms with Crippen molar-refractivity contribution < 1.29 is 94.9 Å². The summed E-state index contributed by atoms with van der Waals surface area (Å²) in [5.41, 5.74) is 0.650. The number of hydrogen-bond acceptors (Lipinski definition) is 17. The van der Waals surface area contributed by atoms with Crippen molar-refractivity contribution >= 4 is 115 Å². The van der Waals surface area contributed by atoms with Crippen molar-refractivity contribution in [2.75, 3.05) is 18.0 Å². The molecule has 0 spiro atoms. The molecule has 0 aromatic heterocycles. The highest BCUT2D eigenvalue weighted by atomic mass is 32.2. The molecule has 4 aromatic carbocycles. The lowest BCUT2D eigenvalue weighted by Crippen LogP contribution is -2.32. The quantitative estimate of drug-likeness (QED) is 0.0345. The fourth-order valence-corrected chi connectivity index (χ4v) is 13.4. The van der Waals surface area contributed by atoms with Gasteiger partial charge in [0.25, 0.3) is 64.1 Å². The van der Waals surface area contributed by atoms with Crippen LogP contribution < -0.4 is 4.90 Å². The Morgan fingerprint density at radius 1 is 0.570 bits per heavy atom. The first-order valence-corrected chi connectivity index (χ1v) is 30.6. The summed E-state index contributed by atoms with van der Waals surface area (Å²) in [4.78, 5) is 82.0. The third kappa shape index (κ3) is 11.6. The SMILES string of the molecule is CC1(C)C(C=C/C=C2\N(CCCCCC(=O)ON3C(=O)CCC3=O)c3ccc4c(S(=O)(=O)O)cc(S(=O)(=O)O)cc4c3C2(C)C)=[N+](CCCCCC(=O)ON2C(=O)CCC2=O)c2ccc3c(S(=O)(=O)O)cc(S(=O)(=O)O)cc3c21. The van der Waals surface area contributed by atoms with Gasteiger partial charge in [-0.2, -0.15) is 38.2 Å². The Kier molecular flexibility index (Phi) is 15.8. The van der Waals surface area contributed by atoms with Crippen LogP contribution in [0.5, 0.6) is 0 Å². The summed E-state index contributed by atoms with van der Waals surface area (Å²) in [5, 5.41) is 0.935. The molecule has 4 aliphatic rings. The highest BCUT2D eigenvalue weighted by Crippen LogP contribution is 2.52. The van der Waals surface area contributed by atoms with Gasteiger partial charge in [-0.1, -0.05) is 32.4 Å². The molecule has 28 heteroatoms. The van der Waals surface area contributed by atoms with E-state index in [0.29, 0.717) is 81.9 Å². The average Bonchev–Trinajstić information content (AvgIpc) is 3.81. The van der Waals surface area contributed by atoms with E-state index >= 15 is 0 Å². The summed E-state index contributed by atoms with van der Waals surface area (Å²) in [5.74, 6) is -4.09. The van der Waals surface area contributed by atoms with E-state index in [1.165, 1.54) is 12.1 Å². The van der Waals surface area contributed by atoms with E-state index in [1.54, 1.807) is 58.1 Å². The van der Waals surface area contributed by atoms with Crippen molar-refractivity contribution in [1.29, 1.82) is 0 Å². The molecule has 4 N–H and O–H groups in total. The lowest BCUT2D eigenvalue weighted by Gasteiger charge is -2.27. The number of carbonyl (C=O) groups excluding carboxylic acids is 6. The second-order valence-electron chi connectivity index (χ2n) is 20.4. The van der Waals surface area contributed by atoms with Gasteiger partial charge in [0.05, 0.1) is 15.2 Å². The van der Waals surface area contributed by atoms with Gasteiger partial charge in [-0.05, 0) is 98.3 Å². The predicted molar refractivity (Wildman–Crippen MR) is 279 cm³/mol. The Morgan fingerprint density at radius 3 is 1.49 bits per heavy atom. The van der Waals surface area contributed by atoms with Crippen LogP contribution in [0.2, 0.25) is 0 Å². The van der Waals surface area contributed by atoms with Crippen molar-refractivity contribution in [1.82, 2.24) is 10.1 Å². The first-order chi connectivity index (χ1) is 36.7. The maximum atomic E-state index is 12.8. The zero-order valence-electron chi connectivity index (χ0n) is 43.0. The largest absolute Gasteiger partial charge is 0.344 e. The number of amides is 4. The fraction of sp³-hybridized carbons (Fsp3) is 0.392. The summed E-state index contributed by atoms with van der Waals surface area (Å²) >= 11 is 0. The van der Waals surface area contributed by atoms with Crippen molar-refractivity contribution in [3.8, 4) is 0 Å². The minimum absolute atomic E-state index is 0.0566. The summed E-state index contributed by atoms with van der Waals surface area (Å²) in [6.07, 6.45) is 6.76. The first-order valence-electron chi connectivity index (χ1n) is 24.8. The number of benzene rings is 4. The Hall–Kier alpha value is -6.79. The number of hydroxylamine groups is 4. The van der Waals surface area contributed by atoms with Gasteiger partial charge in [0, 0.05) is 96.8 Å². The second kappa shape index (κ2) is 21.4. The number of anilines is 1. The third-order valence-corrected chi connectivity index (χ3v) is 17.8. The number of hydrogen-bond donors (Lipinski definition) is 4. The number of rotatable bonds is 20. The normalized spacial score (nSPS) is 18.1. The van der Waals surface area contributed by atoms with Crippen molar-refractivity contribution in [2.45, 2.75) is 135 Å². The van der Waals surface area contributed by atoms with Gasteiger partial charge in [0.15, 0.2) is 5.71 Å². The van der Waals surface area contributed by atoms with E-state index in [-0.39, 0.29) is 86.0 Å². The molecule has 2 saturated heterocycles. The van der Waals surface area contributed by atoms with Crippen LogP contribution in [-0.2, 0) is 89.7 Å². The van der Waals surface area contributed by atoms with Crippen LogP contribution in [0.4, 0.5) is 11.4 Å². The number of imide groups is 2.